The van der Waals surface area contributed by atoms with E-state index in [1.165, 1.54) is 11.3 Å². The molecule has 0 fully saturated rings. The van der Waals surface area contributed by atoms with Crippen LogP contribution in [-0.2, 0) is 18.0 Å². The maximum Gasteiger partial charge on any atom is 0.336 e. The van der Waals surface area contributed by atoms with Crippen LogP contribution in [0.1, 0.15) is 21.6 Å². The first-order valence-electron chi connectivity index (χ1n) is 20.1. The molecule has 0 unspecified atom stereocenters. The molecule has 0 aliphatic carbocycles. The molecule has 7 aromatic carbocycles. The molecule has 1 N–H and O–H groups in total. The molecule has 0 amide bonds. The minimum absolute atomic E-state index is 0.146. The molecule has 0 aliphatic heterocycles. The van der Waals surface area contributed by atoms with Gasteiger partial charge in [0.05, 0.1) is 10.5 Å². The Balaban J connectivity index is 1.16. The molecular formula is C53H45NO6S. The monoisotopic (exact) mass is 823 g/mol. The second kappa shape index (κ2) is 19.3. The first kappa shape index (κ1) is 40.6. The van der Waals surface area contributed by atoms with Gasteiger partial charge in [-0.3, -0.25) is 0 Å². The zero-order valence-electron chi connectivity index (χ0n) is 34.0. The second-order valence-electron chi connectivity index (χ2n) is 14.7. The molecule has 304 valence electrons. The van der Waals surface area contributed by atoms with E-state index in [0.717, 1.165) is 55.8 Å². The first-order valence-corrected chi connectivity index (χ1v) is 20.9. The highest BCUT2D eigenvalue weighted by Gasteiger charge is 2.21. The van der Waals surface area contributed by atoms with Gasteiger partial charge >= 0.3 is 5.97 Å². The topological polar surface area (TPSA) is 77.5 Å². The molecular weight excluding hydrogens is 779 g/mol. The van der Waals surface area contributed by atoms with Crippen molar-refractivity contribution in [3.05, 3.63) is 197 Å². The van der Waals surface area contributed by atoms with E-state index in [0.29, 0.717) is 53.3 Å². The van der Waals surface area contributed by atoms with Gasteiger partial charge in [-0.05, 0) is 89.4 Å². The highest BCUT2D eigenvalue weighted by molar-refractivity contribution is 7.20. The fourth-order valence-corrected chi connectivity index (χ4v) is 7.87. The van der Waals surface area contributed by atoms with E-state index in [-0.39, 0.29) is 5.57 Å². The number of carbonyl (C=O) groups is 1. The number of aliphatic carboxylic acids is 1. The van der Waals surface area contributed by atoms with Crippen LogP contribution in [0.25, 0.3) is 44.0 Å². The number of hydrogen-bond donors (Lipinski definition) is 1. The van der Waals surface area contributed by atoms with E-state index in [9.17, 15) is 9.90 Å². The highest BCUT2D eigenvalue weighted by atomic mass is 32.1. The minimum Gasteiger partial charge on any atom is -0.492 e. The Morgan fingerprint density at radius 3 is 1.61 bits per heavy atom. The van der Waals surface area contributed by atoms with Crippen molar-refractivity contribution in [1.82, 2.24) is 4.90 Å². The number of carboxylic acid groups (broad SMARTS) is 1. The molecule has 8 aromatic rings. The van der Waals surface area contributed by atoms with E-state index >= 15 is 0 Å². The Labute approximate surface area is 360 Å². The van der Waals surface area contributed by atoms with E-state index in [1.807, 2.05) is 105 Å². The molecule has 0 aliphatic rings. The maximum absolute atomic E-state index is 12.7. The molecule has 0 spiro atoms. The number of carboxylic acids is 1. The zero-order valence-corrected chi connectivity index (χ0v) is 34.8. The Hall–Kier alpha value is -7.13. The van der Waals surface area contributed by atoms with Gasteiger partial charge in [-0.15, -0.1) is 11.3 Å². The van der Waals surface area contributed by atoms with Gasteiger partial charge in [0.15, 0.2) is 17.2 Å². The average Bonchev–Trinajstić information content (AvgIpc) is 3.62. The lowest BCUT2D eigenvalue weighted by Gasteiger charge is -2.15. The first-order chi connectivity index (χ1) is 29.9. The summed E-state index contributed by atoms with van der Waals surface area (Å²) in [5, 5.41) is 11.2. The molecule has 0 radical (unpaired) electrons. The van der Waals surface area contributed by atoms with Crippen molar-refractivity contribution in [3.63, 3.8) is 0 Å². The predicted octanol–water partition coefficient (Wildman–Crippen LogP) is 12.8. The van der Waals surface area contributed by atoms with Gasteiger partial charge in [-0.1, -0.05) is 140 Å². The summed E-state index contributed by atoms with van der Waals surface area (Å²) in [6.45, 7) is 1.95. The highest BCUT2D eigenvalue weighted by Crippen LogP contribution is 2.47. The summed E-state index contributed by atoms with van der Waals surface area (Å²) < 4.78 is 26.6. The lowest BCUT2D eigenvalue weighted by molar-refractivity contribution is -0.130. The average molecular weight is 824 g/mol. The number of thiophene rings is 1. The Morgan fingerprint density at radius 2 is 1.08 bits per heavy atom. The zero-order chi connectivity index (χ0) is 42.0. The molecule has 0 atom stereocenters. The Kier molecular flexibility index (Phi) is 12.9. The van der Waals surface area contributed by atoms with Crippen LogP contribution in [0.4, 0.5) is 0 Å². The molecule has 8 heteroatoms. The van der Waals surface area contributed by atoms with Crippen molar-refractivity contribution in [3.8, 4) is 51.0 Å². The van der Waals surface area contributed by atoms with Crippen LogP contribution in [0.3, 0.4) is 0 Å². The summed E-state index contributed by atoms with van der Waals surface area (Å²) in [6, 6.07) is 57.7. The van der Waals surface area contributed by atoms with Crippen molar-refractivity contribution in [2.75, 3.05) is 27.2 Å². The van der Waals surface area contributed by atoms with E-state index in [2.05, 4.69) is 77.7 Å². The number of benzene rings is 7. The third kappa shape index (κ3) is 10.4. The summed E-state index contributed by atoms with van der Waals surface area (Å²) in [7, 11) is 4.01. The summed E-state index contributed by atoms with van der Waals surface area (Å²) in [5.41, 5.74) is 7.28. The Bertz CT molecular complexity index is 2710. The van der Waals surface area contributed by atoms with Crippen LogP contribution >= 0.6 is 11.3 Å². The van der Waals surface area contributed by atoms with Crippen molar-refractivity contribution < 1.29 is 28.8 Å². The number of fused-ring (bicyclic) bond motifs is 1. The lowest BCUT2D eigenvalue weighted by atomic mass is 10.0. The fourth-order valence-electron chi connectivity index (χ4n) is 6.78. The normalized spacial score (nSPS) is 11.4. The van der Waals surface area contributed by atoms with Crippen LogP contribution in [0.15, 0.2) is 176 Å². The molecule has 1 heterocycles. The second-order valence-corrected chi connectivity index (χ2v) is 15.8. The van der Waals surface area contributed by atoms with Crippen molar-refractivity contribution >= 4 is 39.0 Å². The van der Waals surface area contributed by atoms with Gasteiger partial charge in [0.25, 0.3) is 0 Å². The standard InChI is InChI=1S/C53H45NO6S/c1-54(2)30-31-57-44-26-28-45(29-27-44)60-52-47-32-48(58-35-37-18-22-41(23-19-37)39-12-6-3-7-13-39)49(59-36-38-20-24-42(25-21-38)40-14-8-4-9-15-40)34-50(47)61-51(52)33-46(53(55)56)43-16-10-5-11-17-43/h3-29,32-34H,30-31,35-36H2,1-2H3,(H,55,56). The third-order valence-corrected chi connectivity index (χ3v) is 11.2. The van der Waals surface area contributed by atoms with Crippen LogP contribution in [0.5, 0.6) is 28.7 Å². The molecule has 0 saturated carbocycles. The molecule has 1 aromatic heterocycles. The summed E-state index contributed by atoms with van der Waals surface area (Å²) in [4.78, 5) is 15.4. The van der Waals surface area contributed by atoms with Crippen molar-refractivity contribution in [1.29, 1.82) is 0 Å². The smallest absolute Gasteiger partial charge is 0.336 e. The largest absolute Gasteiger partial charge is 0.492 e. The molecule has 0 saturated heterocycles. The van der Waals surface area contributed by atoms with E-state index < -0.39 is 5.97 Å². The maximum atomic E-state index is 12.7. The number of ether oxygens (including phenoxy) is 4. The fraction of sp³-hybridized carbons (Fsp3) is 0.113. The van der Waals surface area contributed by atoms with Gasteiger partial charge in [-0.25, -0.2) is 4.79 Å². The number of likely N-dealkylation sites (N-methyl/N-ethyl adjacent to an activating group) is 1. The van der Waals surface area contributed by atoms with Crippen LogP contribution in [0.2, 0.25) is 0 Å². The number of rotatable bonds is 17. The van der Waals surface area contributed by atoms with E-state index in [4.69, 9.17) is 18.9 Å². The van der Waals surface area contributed by atoms with Gasteiger partial charge in [0.1, 0.15) is 31.3 Å². The predicted molar refractivity (Wildman–Crippen MR) is 247 cm³/mol. The minimum atomic E-state index is -1.04. The molecule has 7 nitrogen and oxygen atoms in total. The van der Waals surface area contributed by atoms with Crippen LogP contribution in [0, 0.1) is 0 Å². The van der Waals surface area contributed by atoms with Crippen LogP contribution < -0.4 is 18.9 Å². The van der Waals surface area contributed by atoms with Gasteiger partial charge in [0, 0.05) is 22.7 Å². The third-order valence-electron chi connectivity index (χ3n) is 10.1. The van der Waals surface area contributed by atoms with Gasteiger partial charge in [0.2, 0.25) is 0 Å². The van der Waals surface area contributed by atoms with Crippen molar-refractivity contribution in [2.45, 2.75) is 13.2 Å². The molecule has 0 bridgehead atoms. The quantitative estimate of drug-likeness (QED) is 0.0916. The molecule has 61 heavy (non-hydrogen) atoms. The number of hydrogen-bond acceptors (Lipinski definition) is 7. The van der Waals surface area contributed by atoms with Crippen molar-refractivity contribution in [2.24, 2.45) is 0 Å². The van der Waals surface area contributed by atoms with Crippen LogP contribution in [-0.4, -0.2) is 43.2 Å². The van der Waals surface area contributed by atoms with E-state index in [1.54, 1.807) is 18.2 Å². The lowest BCUT2D eigenvalue weighted by Crippen LogP contribution is -2.19. The van der Waals surface area contributed by atoms with Gasteiger partial charge < -0.3 is 29.0 Å². The summed E-state index contributed by atoms with van der Waals surface area (Å²) >= 11 is 1.43. The van der Waals surface area contributed by atoms with Gasteiger partial charge in [-0.2, -0.15) is 0 Å². The summed E-state index contributed by atoms with van der Waals surface area (Å²) in [5.74, 6) is 1.86. The summed E-state index contributed by atoms with van der Waals surface area (Å²) in [6.07, 6.45) is 1.68. The SMILES string of the molecule is CN(C)CCOc1ccc(Oc2c(C=C(C(=O)O)c3ccccc3)sc3cc(OCc4ccc(-c5ccccc5)cc4)c(OCc4ccc(-c5ccccc5)cc4)cc23)cc1. The molecule has 8 rings (SSSR count). The Morgan fingerprint density at radius 1 is 0.590 bits per heavy atom. The number of nitrogens with zero attached hydrogens (tertiary/aromatic N) is 1.